The molecule has 0 unspecified atom stereocenters. The second-order valence-electron chi connectivity index (χ2n) is 9.28. The van der Waals surface area contributed by atoms with E-state index in [-0.39, 0.29) is 17.4 Å². The molecule has 1 aliphatic heterocycles. The molecule has 0 saturated carbocycles. The minimum atomic E-state index is -0.0410. The van der Waals surface area contributed by atoms with Gasteiger partial charge in [0, 0.05) is 36.7 Å². The van der Waals surface area contributed by atoms with Gasteiger partial charge in [-0.05, 0) is 30.5 Å². The van der Waals surface area contributed by atoms with Gasteiger partial charge in [-0.25, -0.2) is 9.97 Å². The summed E-state index contributed by atoms with van der Waals surface area (Å²) in [6, 6.07) is 7.76. The summed E-state index contributed by atoms with van der Waals surface area (Å²) in [5.74, 6) is 2.37. The van der Waals surface area contributed by atoms with Crippen molar-refractivity contribution in [3.63, 3.8) is 0 Å². The van der Waals surface area contributed by atoms with E-state index in [2.05, 4.69) is 36.1 Å². The Morgan fingerprint density at radius 3 is 2.76 bits per heavy atom. The third-order valence-electron chi connectivity index (χ3n) is 5.59. The standard InChI is InChI=1S/C24H31N5O2S2/c1-24(2,3)19-12-26-20(31-19)15-32-21-13-27-23(33-21)28-18-5-4-10-29(14-18)22(30)17-8-6-16(11-25)7-9-17/h6-9,12-13,18H,4-5,10-11,14-15,25H2,1-3H3,(H,27,28)/t18-/m1/s1. The lowest BCUT2D eigenvalue weighted by Crippen LogP contribution is -2.45. The van der Waals surface area contributed by atoms with E-state index in [1.807, 2.05) is 41.6 Å². The summed E-state index contributed by atoms with van der Waals surface area (Å²) in [7, 11) is 0. The van der Waals surface area contributed by atoms with E-state index < -0.39 is 0 Å². The van der Waals surface area contributed by atoms with Gasteiger partial charge in [0.1, 0.15) is 5.76 Å². The van der Waals surface area contributed by atoms with Crippen LogP contribution in [0.1, 0.15) is 61.2 Å². The third kappa shape index (κ3) is 6.16. The number of hydrogen-bond donors (Lipinski definition) is 2. The number of hydrogen-bond acceptors (Lipinski definition) is 8. The Hall–Kier alpha value is -2.36. The van der Waals surface area contributed by atoms with E-state index in [9.17, 15) is 4.79 Å². The van der Waals surface area contributed by atoms with Crippen molar-refractivity contribution in [1.82, 2.24) is 14.9 Å². The molecule has 0 bridgehead atoms. The molecule has 3 heterocycles. The van der Waals surface area contributed by atoms with Crippen LogP contribution < -0.4 is 11.1 Å². The van der Waals surface area contributed by atoms with Crippen molar-refractivity contribution in [3.8, 4) is 0 Å². The first-order chi connectivity index (χ1) is 15.8. The van der Waals surface area contributed by atoms with Crippen LogP contribution in [0.25, 0.3) is 0 Å². The SMILES string of the molecule is CC(C)(C)c1cnc(CSc2cnc(N[C@@H]3CCCN(C(=O)c4ccc(CN)cc4)C3)s2)o1. The van der Waals surface area contributed by atoms with Crippen LogP contribution in [0, 0.1) is 0 Å². The zero-order valence-electron chi connectivity index (χ0n) is 19.3. The molecule has 1 aliphatic rings. The number of likely N-dealkylation sites (tertiary alicyclic amines) is 1. The van der Waals surface area contributed by atoms with Gasteiger partial charge < -0.3 is 20.4 Å². The molecule has 1 amide bonds. The monoisotopic (exact) mass is 485 g/mol. The number of carbonyl (C=O) groups is 1. The second-order valence-corrected chi connectivity index (χ2v) is 11.6. The maximum atomic E-state index is 12.9. The van der Waals surface area contributed by atoms with Gasteiger partial charge in [-0.2, -0.15) is 0 Å². The minimum Gasteiger partial charge on any atom is -0.444 e. The molecule has 1 aromatic carbocycles. The molecule has 176 valence electrons. The molecule has 0 radical (unpaired) electrons. The first-order valence-electron chi connectivity index (χ1n) is 11.2. The Morgan fingerprint density at radius 2 is 2.06 bits per heavy atom. The van der Waals surface area contributed by atoms with Crippen LogP contribution in [0.2, 0.25) is 0 Å². The Labute approximate surface area is 203 Å². The van der Waals surface area contributed by atoms with E-state index in [0.717, 1.165) is 45.9 Å². The van der Waals surface area contributed by atoms with Crippen molar-refractivity contribution in [2.24, 2.45) is 5.73 Å². The molecule has 3 N–H and O–H groups in total. The maximum Gasteiger partial charge on any atom is 0.253 e. The molecule has 7 nitrogen and oxygen atoms in total. The fourth-order valence-corrected chi connectivity index (χ4v) is 5.47. The van der Waals surface area contributed by atoms with Crippen molar-refractivity contribution >= 4 is 34.1 Å². The third-order valence-corrected chi connectivity index (χ3v) is 7.70. The highest BCUT2D eigenvalue weighted by Gasteiger charge is 2.25. The molecule has 1 fully saturated rings. The zero-order valence-corrected chi connectivity index (χ0v) is 21.0. The fourth-order valence-electron chi connectivity index (χ4n) is 3.67. The average Bonchev–Trinajstić information content (AvgIpc) is 3.47. The second kappa shape index (κ2) is 10.3. The van der Waals surface area contributed by atoms with Crippen LogP contribution in [-0.4, -0.2) is 39.9 Å². The smallest absolute Gasteiger partial charge is 0.253 e. The predicted octanol–water partition coefficient (Wildman–Crippen LogP) is 4.90. The normalized spacial score (nSPS) is 16.7. The molecule has 1 atom stereocenters. The zero-order chi connectivity index (χ0) is 23.4. The van der Waals surface area contributed by atoms with E-state index in [1.165, 1.54) is 0 Å². The highest BCUT2D eigenvalue weighted by Crippen LogP contribution is 2.32. The van der Waals surface area contributed by atoms with Crippen LogP contribution in [0.5, 0.6) is 0 Å². The molecule has 4 rings (SSSR count). The maximum absolute atomic E-state index is 12.9. The Balaban J connectivity index is 1.30. The molecule has 0 aliphatic carbocycles. The van der Waals surface area contributed by atoms with Crippen LogP contribution in [0.15, 0.2) is 45.3 Å². The number of anilines is 1. The fraction of sp³-hybridized carbons (Fsp3) is 0.458. The number of oxazole rings is 1. The lowest BCUT2D eigenvalue weighted by atomic mass is 9.94. The Morgan fingerprint density at radius 1 is 1.27 bits per heavy atom. The number of carbonyl (C=O) groups excluding carboxylic acids is 1. The number of aromatic nitrogens is 2. The number of nitrogens with two attached hydrogens (primary N) is 1. The van der Waals surface area contributed by atoms with Gasteiger partial charge in [0.15, 0.2) is 5.13 Å². The predicted molar refractivity (Wildman–Crippen MR) is 134 cm³/mol. The molecular weight excluding hydrogens is 454 g/mol. The average molecular weight is 486 g/mol. The van der Waals surface area contributed by atoms with Gasteiger partial charge in [-0.15, -0.1) is 11.8 Å². The van der Waals surface area contributed by atoms with Crippen molar-refractivity contribution in [1.29, 1.82) is 0 Å². The highest BCUT2D eigenvalue weighted by molar-refractivity contribution is 8.00. The number of thiazole rings is 1. The van der Waals surface area contributed by atoms with E-state index in [0.29, 0.717) is 24.4 Å². The van der Waals surface area contributed by atoms with Gasteiger partial charge in [-0.1, -0.05) is 44.2 Å². The van der Waals surface area contributed by atoms with E-state index >= 15 is 0 Å². The van der Waals surface area contributed by atoms with Crippen molar-refractivity contribution in [2.75, 3.05) is 18.4 Å². The Kier molecular flexibility index (Phi) is 7.41. The largest absolute Gasteiger partial charge is 0.444 e. The summed E-state index contributed by atoms with van der Waals surface area (Å²) < 4.78 is 6.98. The summed E-state index contributed by atoms with van der Waals surface area (Å²) in [6.45, 7) is 8.27. The van der Waals surface area contributed by atoms with Crippen molar-refractivity contribution in [3.05, 3.63) is 59.4 Å². The topological polar surface area (TPSA) is 97.3 Å². The van der Waals surface area contributed by atoms with Crippen molar-refractivity contribution in [2.45, 2.75) is 61.6 Å². The molecule has 33 heavy (non-hydrogen) atoms. The number of thioether (sulfide) groups is 1. The molecule has 0 spiro atoms. The van der Waals surface area contributed by atoms with Crippen LogP contribution in [-0.2, 0) is 17.7 Å². The molecule has 1 saturated heterocycles. The summed E-state index contributed by atoms with van der Waals surface area (Å²) in [6.07, 6.45) is 5.69. The first-order valence-corrected chi connectivity index (χ1v) is 13.0. The molecule has 2 aromatic heterocycles. The first kappa shape index (κ1) is 23.8. The van der Waals surface area contributed by atoms with Crippen LogP contribution >= 0.6 is 23.1 Å². The summed E-state index contributed by atoms with van der Waals surface area (Å²) >= 11 is 3.30. The Bertz CT molecular complexity index is 1070. The number of amides is 1. The van der Waals surface area contributed by atoms with Gasteiger partial charge in [-0.3, -0.25) is 4.79 Å². The lowest BCUT2D eigenvalue weighted by Gasteiger charge is -2.33. The summed E-state index contributed by atoms with van der Waals surface area (Å²) in [5.41, 5.74) is 7.36. The van der Waals surface area contributed by atoms with Gasteiger partial charge in [0.05, 0.1) is 22.4 Å². The van der Waals surface area contributed by atoms with E-state index in [4.69, 9.17) is 10.2 Å². The summed E-state index contributed by atoms with van der Waals surface area (Å²) in [4.78, 5) is 23.8. The van der Waals surface area contributed by atoms with Gasteiger partial charge in [0.25, 0.3) is 5.91 Å². The lowest BCUT2D eigenvalue weighted by molar-refractivity contribution is 0.0715. The molecule has 9 heteroatoms. The number of nitrogens with zero attached hydrogens (tertiary/aromatic N) is 3. The van der Waals surface area contributed by atoms with Crippen LogP contribution in [0.4, 0.5) is 5.13 Å². The quantitative estimate of drug-likeness (QED) is 0.460. The number of benzene rings is 1. The minimum absolute atomic E-state index is 0.0410. The number of rotatable bonds is 7. The van der Waals surface area contributed by atoms with Gasteiger partial charge in [0.2, 0.25) is 5.89 Å². The highest BCUT2D eigenvalue weighted by atomic mass is 32.2. The van der Waals surface area contributed by atoms with Gasteiger partial charge >= 0.3 is 0 Å². The van der Waals surface area contributed by atoms with Crippen molar-refractivity contribution < 1.29 is 9.21 Å². The van der Waals surface area contributed by atoms with E-state index in [1.54, 1.807) is 23.1 Å². The number of nitrogens with one attached hydrogen (secondary N) is 1. The molecule has 3 aromatic rings. The number of piperidine rings is 1. The summed E-state index contributed by atoms with van der Waals surface area (Å²) in [5, 5.41) is 4.40. The molecular formula is C24H31N5O2S2. The van der Waals surface area contributed by atoms with Crippen LogP contribution in [0.3, 0.4) is 0 Å².